The largest absolute Gasteiger partial charge is 0.481 e. The van der Waals surface area contributed by atoms with E-state index in [1.165, 1.54) is 30.3 Å². The van der Waals surface area contributed by atoms with Gasteiger partial charge in [0.05, 0.1) is 5.69 Å². The minimum Gasteiger partial charge on any atom is -0.481 e. The van der Waals surface area contributed by atoms with Gasteiger partial charge in [-0.1, -0.05) is 36.0 Å². The molecule has 3 nitrogen and oxygen atoms in total. The van der Waals surface area contributed by atoms with E-state index in [4.69, 9.17) is 4.74 Å². The van der Waals surface area contributed by atoms with Gasteiger partial charge in [0, 0.05) is 4.90 Å². The van der Waals surface area contributed by atoms with Gasteiger partial charge >= 0.3 is 0 Å². The number of alkyl halides is 2. The van der Waals surface area contributed by atoms with Crippen LogP contribution in [0.5, 0.6) is 5.75 Å². The first kappa shape index (κ1) is 16.2. The van der Waals surface area contributed by atoms with Crippen LogP contribution in [0, 0.1) is 5.82 Å². The molecule has 22 heavy (non-hydrogen) atoms. The predicted molar refractivity (Wildman–Crippen MR) is 78.8 cm³/mol. The Balaban J connectivity index is 1.96. The standard InChI is InChI=1S/C15H12F3NO2S/c16-10-5-1-3-7-12(10)21-9-14(20)19-11-6-2-4-8-13(11)22-15(17)18/h1-8,15H,9H2,(H,19,20). The average Bonchev–Trinajstić information content (AvgIpc) is 2.48. The first-order chi connectivity index (χ1) is 10.6. The Labute approximate surface area is 129 Å². The zero-order chi connectivity index (χ0) is 15.9. The molecule has 0 fully saturated rings. The number of hydrogen-bond acceptors (Lipinski definition) is 3. The second kappa shape index (κ2) is 7.74. The molecule has 0 aliphatic carbocycles. The molecule has 0 radical (unpaired) electrons. The Morgan fingerprint density at radius 2 is 1.82 bits per heavy atom. The van der Waals surface area contributed by atoms with Crippen molar-refractivity contribution in [3.8, 4) is 5.75 Å². The third-order valence-corrected chi connectivity index (χ3v) is 3.36. The molecular weight excluding hydrogens is 315 g/mol. The molecule has 2 aromatic carbocycles. The summed E-state index contributed by atoms with van der Waals surface area (Å²) in [7, 11) is 0. The zero-order valence-corrected chi connectivity index (χ0v) is 12.1. The summed E-state index contributed by atoms with van der Waals surface area (Å²) in [5, 5.41) is 2.47. The smallest absolute Gasteiger partial charge is 0.288 e. The molecule has 0 aromatic heterocycles. The summed E-state index contributed by atoms with van der Waals surface area (Å²) >= 11 is 0.335. The van der Waals surface area contributed by atoms with Gasteiger partial charge in [-0.3, -0.25) is 4.79 Å². The lowest BCUT2D eigenvalue weighted by Crippen LogP contribution is -2.20. The number of thioether (sulfide) groups is 1. The van der Waals surface area contributed by atoms with Crippen molar-refractivity contribution in [3.63, 3.8) is 0 Å². The molecule has 2 rings (SSSR count). The molecule has 1 N–H and O–H groups in total. The quantitative estimate of drug-likeness (QED) is 0.810. The molecule has 0 saturated carbocycles. The predicted octanol–water partition coefficient (Wildman–Crippen LogP) is 4.16. The van der Waals surface area contributed by atoms with Gasteiger partial charge in [-0.05, 0) is 24.3 Å². The molecule has 1 amide bonds. The molecule has 0 heterocycles. The van der Waals surface area contributed by atoms with Crippen LogP contribution in [0.1, 0.15) is 0 Å². The number of amides is 1. The van der Waals surface area contributed by atoms with E-state index in [0.29, 0.717) is 11.8 Å². The molecule has 7 heteroatoms. The van der Waals surface area contributed by atoms with Crippen LogP contribution in [0.25, 0.3) is 0 Å². The van der Waals surface area contributed by atoms with Gasteiger partial charge in [0.15, 0.2) is 18.2 Å². The number of anilines is 1. The molecule has 0 atom stereocenters. The van der Waals surface area contributed by atoms with Gasteiger partial charge in [-0.25, -0.2) is 4.39 Å². The highest BCUT2D eigenvalue weighted by Crippen LogP contribution is 2.31. The minimum atomic E-state index is -2.59. The number of rotatable bonds is 6. The van der Waals surface area contributed by atoms with Crippen molar-refractivity contribution >= 4 is 23.4 Å². The van der Waals surface area contributed by atoms with Crippen LogP contribution in [0.4, 0.5) is 18.9 Å². The van der Waals surface area contributed by atoms with E-state index in [9.17, 15) is 18.0 Å². The van der Waals surface area contributed by atoms with Crippen LogP contribution in [0.3, 0.4) is 0 Å². The van der Waals surface area contributed by atoms with Crippen molar-refractivity contribution in [1.29, 1.82) is 0 Å². The topological polar surface area (TPSA) is 38.3 Å². The maximum absolute atomic E-state index is 13.3. The summed E-state index contributed by atoms with van der Waals surface area (Å²) in [6.45, 7) is -0.422. The lowest BCUT2D eigenvalue weighted by atomic mass is 10.3. The van der Waals surface area contributed by atoms with E-state index in [-0.39, 0.29) is 16.3 Å². The Morgan fingerprint density at radius 3 is 2.55 bits per heavy atom. The fourth-order valence-electron chi connectivity index (χ4n) is 1.66. The Hall–Kier alpha value is -2.15. The Kier molecular flexibility index (Phi) is 5.71. The number of hydrogen-bond donors (Lipinski definition) is 1. The summed E-state index contributed by atoms with van der Waals surface area (Å²) in [6.07, 6.45) is 0. The van der Waals surface area contributed by atoms with Crippen LogP contribution in [0.15, 0.2) is 53.4 Å². The maximum Gasteiger partial charge on any atom is 0.288 e. The van der Waals surface area contributed by atoms with Crippen molar-refractivity contribution in [3.05, 3.63) is 54.3 Å². The van der Waals surface area contributed by atoms with E-state index in [1.807, 2.05) is 0 Å². The zero-order valence-electron chi connectivity index (χ0n) is 11.3. The van der Waals surface area contributed by atoms with Crippen molar-refractivity contribution in [2.24, 2.45) is 0 Å². The van der Waals surface area contributed by atoms with Crippen molar-refractivity contribution < 1.29 is 22.7 Å². The number of para-hydroxylation sites is 2. The highest BCUT2D eigenvalue weighted by Gasteiger charge is 2.12. The van der Waals surface area contributed by atoms with E-state index in [1.54, 1.807) is 18.2 Å². The lowest BCUT2D eigenvalue weighted by molar-refractivity contribution is -0.118. The number of ether oxygens (including phenoxy) is 1. The van der Waals surface area contributed by atoms with Gasteiger partial charge in [0.25, 0.3) is 11.7 Å². The third kappa shape index (κ3) is 4.70. The normalized spacial score (nSPS) is 10.5. The molecular formula is C15H12F3NO2S. The molecule has 0 aliphatic rings. The molecule has 0 bridgehead atoms. The number of benzene rings is 2. The van der Waals surface area contributed by atoms with Gasteiger partial charge in [0.2, 0.25) is 0 Å². The molecule has 2 aromatic rings. The second-order valence-corrected chi connectivity index (χ2v) is 5.17. The summed E-state index contributed by atoms with van der Waals surface area (Å²) in [4.78, 5) is 12.0. The fourth-order valence-corrected chi connectivity index (χ4v) is 2.26. The first-order valence-electron chi connectivity index (χ1n) is 6.27. The summed E-state index contributed by atoms with van der Waals surface area (Å²) in [5.41, 5.74) is 0.259. The fraction of sp³-hybridized carbons (Fsp3) is 0.133. The van der Waals surface area contributed by atoms with E-state index in [2.05, 4.69) is 5.32 Å². The second-order valence-electron chi connectivity index (χ2n) is 4.14. The first-order valence-corrected chi connectivity index (χ1v) is 7.15. The molecule has 116 valence electrons. The Bertz CT molecular complexity index is 652. The lowest BCUT2D eigenvalue weighted by Gasteiger charge is -2.11. The number of halogens is 3. The van der Waals surface area contributed by atoms with E-state index >= 15 is 0 Å². The number of carbonyl (C=O) groups is 1. The minimum absolute atomic E-state index is 0.0482. The Morgan fingerprint density at radius 1 is 1.14 bits per heavy atom. The number of nitrogens with one attached hydrogen (secondary N) is 1. The molecule has 0 spiro atoms. The summed E-state index contributed by atoms with van der Waals surface area (Å²) in [6, 6.07) is 11.9. The van der Waals surface area contributed by atoms with Gasteiger partial charge in [-0.15, -0.1) is 0 Å². The van der Waals surface area contributed by atoms with Crippen LogP contribution in [-0.2, 0) is 4.79 Å². The van der Waals surface area contributed by atoms with Crippen LogP contribution >= 0.6 is 11.8 Å². The van der Waals surface area contributed by atoms with Gasteiger partial charge in [0.1, 0.15) is 0 Å². The molecule has 0 unspecified atom stereocenters. The number of carbonyl (C=O) groups excluding carboxylic acids is 1. The monoisotopic (exact) mass is 327 g/mol. The average molecular weight is 327 g/mol. The van der Waals surface area contributed by atoms with E-state index in [0.717, 1.165) is 0 Å². The van der Waals surface area contributed by atoms with Gasteiger partial charge < -0.3 is 10.1 Å². The van der Waals surface area contributed by atoms with Crippen molar-refractivity contribution in [1.82, 2.24) is 0 Å². The summed E-state index contributed by atoms with van der Waals surface area (Å²) < 4.78 is 43.3. The van der Waals surface area contributed by atoms with Crippen LogP contribution in [-0.4, -0.2) is 18.3 Å². The van der Waals surface area contributed by atoms with Crippen molar-refractivity contribution in [2.45, 2.75) is 10.7 Å². The van der Waals surface area contributed by atoms with Crippen LogP contribution in [0.2, 0.25) is 0 Å². The molecule has 0 saturated heterocycles. The SMILES string of the molecule is O=C(COc1ccccc1F)Nc1ccccc1SC(F)F. The highest BCUT2D eigenvalue weighted by atomic mass is 32.2. The third-order valence-electron chi connectivity index (χ3n) is 2.57. The molecule has 0 aliphatic heterocycles. The summed E-state index contributed by atoms with van der Waals surface area (Å²) in [5.74, 6) is -3.78. The maximum atomic E-state index is 13.3. The van der Waals surface area contributed by atoms with Crippen molar-refractivity contribution in [2.75, 3.05) is 11.9 Å². The van der Waals surface area contributed by atoms with E-state index < -0.39 is 24.1 Å². The highest BCUT2D eigenvalue weighted by molar-refractivity contribution is 7.99. The van der Waals surface area contributed by atoms with Crippen LogP contribution < -0.4 is 10.1 Å². The van der Waals surface area contributed by atoms with Gasteiger partial charge in [-0.2, -0.15) is 8.78 Å².